The molecule has 0 fully saturated rings. The summed E-state index contributed by atoms with van der Waals surface area (Å²) >= 11 is 0. The Balaban J connectivity index is 1.76. The number of rotatable bonds is 4. The van der Waals surface area contributed by atoms with Gasteiger partial charge in [0, 0.05) is 6.20 Å². The van der Waals surface area contributed by atoms with Crippen molar-refractivity contribution in [3.8, 4) is 5.69 Å². The normalized spacial score (nSPS) is 11.6. The first-order valence-electron chi connectivity index (χ1n) is 7.78. The van der Waals surface area contributed by atoms with Crippen molar-refractivity contribution in [1.82, 2.24) is 19.6 Å². The number of aromatic nitrogens is 4. The van der Waals surface area contributed by atoms with Gasteiger partial charge in [-0.1, -0.05) is 18.2 Å². The highest BCUT2D eigenvalue weighted by Gasteiger charge is 2.33. The van der Waals surface area contributed by atoms with Gasteiger partial charge in [-0.25, -0.2) is 4.68 Å². The van der Waals surface area contributed by atoms with Crippen LogP contribution in [-0.2, 0) is 17.5 Å². The van der Waals surface area contributed by atoms with Crippen molar-refractivity contribution in [2.45, 2.75) is 26.6 Å². The third-order valence-electron chi connectivity index (χ3n) is 3.79. The van der Waals surface area contributed by atoms with E-state index in [1.54, 1.807) is 18.5 Å². The number of carbonyl (C=O) groups is 1. The van der Waals surface area contributed by atoms with E-state index in [1.165, 1.54) is 0 Å². The molecule has 0 saturated heterocycles. The third kappa shape index (κ3) is 3.61. The molecule has 9 heteroatoms. The van der Waals surface area contributed by atoms with Crippen LogP contribution in [0.25, 0.3) is 5.69 Å². The summed E-state index contributed by atoms with van der Waals surface area (Å²) in [5.74, 6) is -0.486. The topological polar surface area (TPSA) is 64.7 Å². The van der Waals surface area contributed by atoms with Crippen molar-refractivity contribution >= 4 is 11.6 Å². The lowest BCUT2D eigenvalue weighted by Crippen LogP contribution is -2.20. The van der Waals surface area contributed by atoms with E-state index in [4.69, 9.17) is 0 Å². The second-order valence-corrected chi connectivity index (χ2v) is 5.74. The van der Waals surface area contributed by atoms with E-state index in [9.17, 15) is 18.0 Å². The van der Waals surface area contributed by atoms with Gasteiger partial charge in [0.1, 0.15) is 6.54 Å². The zero-order valence-corrected chi connectivity index (χ0v) is 14.1. The number of hydrogen-bond acceptors (Lipinski definition) is 3. The Morgan fingerprint density at radius 1 is 1.12 bits per heavy atom. The van der Waals surface area contributed by atoms with Crippen LogP contribution in [0.5, 0.6) is 0 Å². The largest absolute Gasteiger partial charge is 0.435 e. The highest BCUT2D eigenvalue weighted by Crippen LogP contribution is 2.27. The van der Waals surface area contributed by atoms with E-state index in [-0.39, 0.29) is 6.54 Å². The molecule has 2 heterocycles. The summed E-state index contributed by atoms with van der Waals surface area (Å²) in [7, 11) is 0. The molecular formula is C17H16F3N5O. The quantitative estimate of drug-likeness (QED) is 0.773. The van der Waals surface area contributed by atoms with Gasteiger partial charge in [-0.3, -0.25) is 9.48 Å². The van der Waals surface area contributed by atoms with E-state index < -0.39 is 17.8 Å². The fraction of sp³-hybridized carbons (Fsp3) is 0.235. The number of nitrogens with zero attached hydrogens (tertiary/aromatic N) is 4. The molecule has 0 bridgehead atoms. The van der Waals surface area contributed by atoms with Crippen LogP contribution < -0.4 is 5.32 Å². The van der Waals surface area contributed by atoms with E-state index >= 15 is 0 Å². The number of halogens is 3. The fourth-order valence-corrected chi connectivity index (χ4v) is 2.57. The van der Waals surface area contributed by atoms with Gasteiger partial charge in [0.15, 0.2) is 5.69 Å². The molecule has 136 valence electrons. The van der Waals surface area contributed by atoms with Gasteiger partial charge in [0.05, 0.1) is 22.8 Å². The standard InChI is InChI=1S/C17H16F3N5O/c1-11-16(12(2)25(22-11)13-6-4-3-5-7-13)21-15(26)10-24-9-8-14(23-24)17(18,19)20/h3-9H,10H2,1-2H3,(H,21,26). The summed E-state index contributed by atoms with van der Waals surface area (Å²) in [6.45, 7) is 3.22. The van der Waals surface area contributed by atoms with Gasteiger partial charge >= 0.3 is 6.18 Å². The lowest BCUT2D eigenvalue weighted by molar-refractivity contribution is -0.141. The summed E-state index contributed by atoms with van der Waals surface area (Å²) in [5, 5.41) is 10.5. The van der Waals surface area contributed by atoms with Crippen LogP contribution >= 0.6 is 0 Å². The Hall–Kier alpha value is -3.10. The van der Waals surface area contributed by atoms with Crippen molar-refractivity contribution in [1.29, 1.82) is 0 Å². The molecule has 0 aliphatic heterocycles. The van der Waals surface area contributed by atoms with Gasteiger partial charge in [0.2, 0.25) is 5.91 Å². The minimum absolute atomic E-state index is 0.328. The maximum atomic E-state index is 12.6. The minimum atomic E-state index is -4.54. The van der Waals surface area contributed by atoms with Crippen LogP contribution in [-0.4, -0.2) is 25.5 Å². The van der Waals surface area contributed by atoms with Crippen molar-refractivity contribution in [3.05, 3.63) is 59.7 Å². The fourth-order valence-electron chi connectivity index (χ4n) is 2.57. The lowest BCUT2D eigenvalue weighted by atomic mass is 10.3. The minimum Gasteiger partial charge on any atom is -0.321 e. The number of aryl methyl sites for hydroxylation is 1. The molecule has 6 nitrogen and oxygen atoms in total. The van der Waals surface area contributed by atoms with Gasteiger partial charge in [-0.15, -0.1) is 0 Å². The first kappa shape index (κ1) is 17.7. The SMILES string of the molecule is Cc1nn(-c2ccccc2)c(C)c1NC(=O)Cn1ccc(C(F)(F)F)n1. The van der Waals surface area contributed by atoms with Gasteiger partial charge in [-0.2, -0.15) is 23.4 Å². The number of anilines is 1. The molecular weight excluding hydrogens is 347 g/mol. The predicted octanol–water partition coefficient (Wildman–Crippen LogP) is 3.34. The molecule has 1 amide bonds. The number of nitrogens with one attached hydrogen (secondary N) is 1. The molecule has 26 heavy (non-hydrogen) atoms. The van der Waals surface area contributed by atoms with Gasteiger partial charge in [0.25, 0.3) is 0 Å². The molecule has 2 aromatic heterocycles. The summed E-state index contributed by atoms with van der Waals surface area (Å²) in [4.78, 5) is 12.2. The summed E-state index contributed by atoms with van der Waals surface area (Å²) in [6.07, 6.45) is -3.42. The zero-order valence-electron chi connectivity index (χ0n) is 14.1. The second-order valence-electron chi connectivity index (χ2n) is 5.74. The van der Waals surface area contributed by atoms with Crippen molar-refractivity contribution in [2.75, 3.05) is 5.32 Å². The van der Waals surface area contributed by atoms with Crippen LogP contribution in [0.3, 0.4) is 0 Å². The molecule has 3 rings (SSSR count). The molecule has 1 N–H and O–H groups in total. The van der Waals surface area contributed by atoms with Gasteiger partial charge < -0.3 is 5.32 Å². The number of benzene rings is 1. The number of amides is 1. The van der Waals surface area contributed by atoms with Crippen molar-refractivity contribution in [2.24, 2.45) is 0 Å². The number of para-hydroxylation sites is 1. The van der Waals surface area contributed by atoms with Crippen molar-refractivity contribution in [3.63, 3.8) is 0 Å². The smallest absolute Gasteiger partial charge is 0.321 e. The highest BCUT2D eigenvalue weighted by molar-refractivity contribution is 5.91. The number of alkyl halides is 3. The second kappa shape index (κ2) is 6.66. The van der Waals surface area contributed by atoms with Crippen LogP contribution in [0.1, 0.15) is 17.1 Å². The molecule has 1 aromatic carbocycles. The van der Waals surface area contributed by atoms with E-state index in [2.05, 4.69) is 15.5 Å². The Morgan fingerprint density at radius 2 is 1.81 bits per heavy atom. The summed E-state index contributed by atoms with van der Waals surface area (Å²) in [5.41, 5.74) is 1.67. The van der Waals surface area contributed by atoms with Crippen LogP contribution in [0, 0.1) is 13.8 Å². The molecule has 0 aliphatic carbocycles. The van der Waals surface area contributed by atoms with Crippen LogP contribution in [0.2, 0.25) is 0 Å². The lowest BCUT2D eigenvalue weighted by Gasteiger charge is -2.07. The first-order valence-corrected chi connectivity index (χ1v) is 7.78. The molecule has 0 saturated carbocycles. The Bertz CT molecular complexity index is 928. The first-order chi connectivity index (χ1) is 12.3. The highest BCUT2D eigenvalue weighted by atomic mass is 19.4. The summed E-state index contributed by atoms with van der Waals surface area (Å²) in [6, 6.07) is 10.2. The van der Waals surface area contributed by atoms with Gasteiger partial charge in [-0.05, 0) is 32.0 Å². The monoisotopic (exact) mass is 363 g/mol. The van der Waals surface area contributed by atoms with E-state index in [0.29, 0.717) is 11.4 Å². The molecule has 0 aliphatic rings. The summed E-state index contributed by atoms with van der Waals surface area (Å²) < 4.78 is 40.3. The van der Waals surface area contributed by atoms with Crippen LogP contribution in [0.15, 0.2) is 42.6 Å². The Labute approximate surface area is 147 Å². The Kier molecular flexibility index (Phi) is 4.54. The molecule has 0 unspecified atom stereocenters. The molecule has 0 atom stereocenters. The third-order valence-corrected chi connectivity index (χ3v) is 3.79. The molecule has 3 aromatic rings. The predicted molar refractivity (Wildman–Crippen MR) is 88.9 cm³/mol. The van der Waals surface area contributed by atoms with E-state index in [0.717, 1.165) is 28.3 Å². The Morgan fingerprint density at radius 3 is 2.42 bits per heavy atom. The van der Waals surface area contributed by atoms with Crippen LogP contribution in [0.4, 0.5) is 18.9 Å². The maximum absolute atomic E-state index is 12.6. The number of carbonyl (C=O) groups excluding carboxylic acids is 1. The average Bonchev–Trinajstić information content (AvgIpc) is 3.15. The maximum Gasteiger partial charge on any atom is 0.435 e. The number of hydrogen-bond donors (Lipinski definition) is 1. The molecule has 0 radical (unpaired) electrons. The average molecular weight is 363 g/mol. The van der Waals surface area contributed by atoms with E-state index in [1.807, 2.05) is 30.3 Å². The molecule has 0 spiro atoms. The van der Waals surface area contributed by atoms with Crippen molar-refractivity contribution < 1.29 is 18.0 Å². The zero-order chi connectivity index (χ0) is 18.9.